The van der Waals surface area contributed by atoms with E-state index in [9.17, 15) is 8.42 Å². The molecule has 3 rings (SSSR count). The van der Waals surface area contributed by atoms with Gasteiger partial charge in [-0.3, -0.25) is 0 Å². The standard InChI is InChI=1S/C44H82O8SSi3/c1-17-56(18-2,19-3)48-27-23-24-35-28-33(4)34(5)39(50-35)30-40-38(32-53(45,46)37-25-21-20-22-26-37)42(47-12)41(51-40)29-36(52-55(15,16)44(9,10)11)31-49-54(13,14)43(6,7)8/h20-22,25-26,33,35-36,38-42H,5,17-19,23-24,27-32H2,1-4,6-16H3/t33?,35-,36?,38?,39+,40?,41?,42+/m0/s1. The predicted molar refractivity (Wildman–Crippen MR) is 240 cm³/mol. The molecule has 2 aliphatic rings. The molecule has 2 heterocycles. The summed E-state index contributed by atoms with van der Waals surface area (Å²) in [5.41, 5.74) is 1.06. The highest BCUT2D eigenvalue weighted by molar-refractivity contribution is 7.91. The summed E-state index contributed by atoms with van der Waals surface area (Å²) >= 11 is 0. The van der Waals surface area contributed by atoms with E-state index in [1.165, 1.54) is 0 Å². The first-order valence-electron chi connectivity index (χ1n) is 21.6. The zero-order chi connectivity index (χ0) is 42.3. The van der Waals surface area contributed by atoms with Gasteiger partial charge in [-0.1, -0.05) is 94.0 Å². The van der Waals surface area contributed by atoms with Gasteiger partial charge in [0, 0.05) is 32.5 Å². The summed E-state index contributed by atoms with van der Waals surface area (Å²) in [6, 6.07) is 12.2. The van der Waals surface area contributed by atoms with Gasteiger partial charge in [-0.25, -0.2) is 8.42 Å². The fourth-order valence-electron chi connectivity index (χ4n) is 7.83. The van der Waals surface area contributed by atoms with Gasteiger partial charge in [0.1, 0.15) is 0 Å². The molecule has 1 aromatic rings. The second kappa shape index (κ2) is 20.3. The molecule has 5 unspecified atom stereocenters. The van der Waals surface area contributed by atoms with Crippen LogP contribution in [0.1, 0.15) is 101 Å². The van der Waals surface area contributed by atoms with Gasteiger partial charge in [0.25, 0.3) is 0 Å². The Hall–Kier alpha value is -0.679. The molecule has 0 N–H and O–H groups in total. The van der Waals surface area contributed by atoms with Crippen LogP contribution in [-0.2, 0) is 37.3 Å². The van der Waals surface area contributed by atoms with Crippen LogP contribution in [0.15, 0.2) is 47.4 Å². The number of hydrogen-bond acceptors (Lipinski definition) is 8. The first-order chi connectivity index (χ1) is 25.9. The lowest BCUT2D eigenvalue weighted by Crippen LogP contribution is -2.49. The Balaban J connectivity index is 1.92. The smallest absolute Gasteiger partial charge is 0.192 e. The Morgan fingerprint density at radius 2 is 1.46 bits per heavy atom. The van der Waals surface area contributed by atoms with Crippen molar-refractivity contribution in [1.82, 2.24) is 0 Å². The minimum absolute atomic E-state index is 0.000640. The van der Waals surface area contributed by atoms with Crippen LogP contribution < -0.4 is 0 Å². The van der Waals surface area contributed by atoms with Crippen LogP contribution in [0.25, 0.3) is 0 Å². The Kier molecular flexibility index (Phi) is 18.0. The number of hydrogen-bond donors (Lipinski definition) is 0. The minimum Gasteiger partial charge on any atom is -0.417 e. The van der Waals surface area contributed by atoms with Crippen LogP contribution in [0.5, 0.6) is 0 Å². The molecule has 324 valence electrons. The molecule has 8 nitrogen and oxygen atoms in total. The fourth-order valence-corrected chi connectivity index (χ4v) is 14.6. The molecule has 0 aliphatic carbocycles. The van der Waals surface area contributed by atoms with Crippen molar-refractivity contribution in [3.05, 3.63) is 42.5 Å². The van der Waals surface area contributed by atoms with Crippen LogP contribution >= 0.6 is 0 Å². The van der Waals surface area contributed by atoms with Crippen LogP contribution in [0, 0.1) is 11.8 Å². The first-order valence-corrected chi connectivity index (χ1v) is 31.6. The van der Waals surface area contributed by atoms with E-state index in [-0.39, 0.29) is 46.2 Å². The molecule has 0 spiro atoms. The molecule has 0 bridgehead atoms. The number of methoxy groups -OCH3 is 1. The summed E-state index contributed by atoms with van der Waals surface area (Å²) in [4.78, 5) is 0.314. The second-order valence-corrected chi connectivity index (χ2v) is 36.3. The van der Waals surface area contributed by atoms with Gasteiger partial charge in [0.2, 0.25) is 0 Å². The highest BCUT2D eigenvalue weighted by atomic mass is 32.2. The Morgan fingerprint density at radius 1 is 0.875 bits per heavy atom. The third-order valence-corrected chi connectivity index (χ3v) is 29.6. The van der Waals surface area contributed by atoms with Gasteiger partial charge in [0.05, 0.1) is 53.9 Å². The molecule has 0 saturated carbocycles. The number of rotatable bonds is 21. The normalized spacial score (nSPS) is 26.5. The highest BCUT2D eigenvalue weighted by Crippen LogP contribution is 2.43. The quantitative estimate of drug-likeness (QED) is 0.0686. The molecule has 1 aromatic carbocycles. The molecule has 12 heteroatoms. The monoisotopic (exact) mass is 855 g/mol. The van der Waals surface area contributed by atoms with E-state index in [0.29, 0.717) is 24.3 Å². The van der Waals surface area contributed by atoms with Gasteiger partial charge in [-0.2, -0.15) is 0 Å². The molecule has 8 atom stereocenters. The zero-order valence-corrected chi connectivity index (χ0v) is 42.0. The zero-order valence-electron chi connectivity index (χ0n) is 38.2. The molecular formula is C44H82O8SSi3. The van der Waals surface area contributed by atoms with E-state index in [4.69, 9.17) is 27.5 Å². The van der Waals surface area contributed by atoms with Gasteiger partial charge in [-0.05, 0) is 97.3 Å². The van der Waals surface area contributed by atoms with Crippen molar-refractivity contribution in [2.45, 2.75) is 197 Å². The second-order valence-electron chi connectivity index (χ2n) is 19.9. The minimum atomic E-state index is -3.65. The summed E-state index contributed by atoms with van der Waals surface area (Å²) < 4.78 is 68.9. The van der Waals surface area contributed by atoms with Gasteiger partial charge < -0.3 is 27.5 Å². The van der Waals surface area contributed by atoms with E-state index in [1.807, 2.05) is 6.07 Å². The van der Waals surface area contributed by atoms with Crippen LogP contribution in [-0.4, -0.2) is 96.1 Å². The average molecular weight is 855 g/mol. The maximum absolute atomic E-state index is 14.1. The van der Waals surface area contributed by atoms with Crippen molar-refractivity contribution < 1.29 is 35.9 Å². The molecule has 0 amide bonds. The maximum Gasteiger partial charge on any atom is 0.192 e. The van der Waals surface area contributed by atoms with Crippen LogP contribution in [0.3, 0.4) is 0 Å². The molecule has 2 fully saturated rings. The van der Waals surface area contributed by atoms with E-state index in [2.05, 4.69) is 102 Å². The lowest BCUT2D eigenvalue weighted by Gasteiger charge is -2.42. The van der Waals surface area contributed by atoms with Crippen molar-refractivity contribution in [3.63, 3.8) is 0 Å². The van der Waals surface area contributed by atoms with E-state index in [0.717, 1.165) is 49.6 Å². The highest BCUT2D eigenvalue weighted by Gasteiger charge is 2.50. The fraction of sp³-hybridized carbons (Fsp3) is 0.818. The van der Waals surface area contributed by atoms with E-state index >= 15 is 0 Å². The summed E-state index contributed by atoms with van der Waals surface area (Å²) in [5.74, 6) is -0.217. The largest absolute Gasteiger partial charge is 0.417 e. The third kappa shape index (κ3) is 12.9. The van der Waals surface area contributed by atoms with E-state index < -0.39 is 52.9 Å². The predicted octanol–water partition coefficient (Wildman–Crippen LogP) is 11.2. The Bertz CT molecular complexity index is 1460. The van der Waals surface area contributed by atoms with Gasteiger partial charge in [-0.15, -0.1) is 0 Å². The van der Waals surface area contributed by atoms with Gasteiger partial charge in [0.15, 0.2) is 34.8 Å². The van der Waals surface area contributed by atoms with Crippen LogP contribution in [0.4, 0.5) is 0 Å². The molecule has 0 aromatic heterocycles. The number of sulfone groups is 1. The molecule has 56 heavy (non-hydrogen) atoms. The van der Waals surface area contributed by atoms with Crippen LogP contribution in [0.2, 0.25) is 54.4 Å². The van der Waals surface area contributed by atoms with Crippen molar-refractivity contribution in [3.8, 4) is 0 Å². The molecule has 2 saturated heterocycles. The SMILES string of the molecule is C=C1C(C)C[C@H](CCCO[Si](CC)(CC)CC)O[C@@H]1CC1OC(CC(CO[Si](C)(C)C(C)(C)C)O[Si](C)(C)C(C)(C)C)[C@H](OC)C1CS(=O)(=O)c1ccccc1. The Morgan fingerprint density at radius 3 is 2.00 bits per heavy atom. The number of ether oxygens (including phenoxy) is 3. The lowest BCUT2D eigenvalue weighted by atomic mass is 9.83. The topological polar surface area (TPSA) is 89.5 Å². The molecular weight excluding hydrogens is 773 g/mol. The van der Waals surface area contributed by atoms with E-state index in [1.54, 1.807) is 31.4 Å². The Labute approximate surface area is 346 Å². The summed E-state index contributed by atoms with van der Waals surface area (Å²) in [6.45, 7) is 37.4. The number of benzene rings is 1. The van der Waals surface area contributed by atoms with Crippen molar-refractivity contribution >= 4 is 34.8 Å². The van der Waals surface area contributed by atoms with Crippen molar-refractivity contribution in [2.24, 2.45) is 11.8 Å². The summed E-state index contributed by atoms with van der Waals surface area (Å²) in [6.07, 6.45) is 2.22. The maximum atomic E-state index is 14.1. The van der Waals surface area contributed by atoms with Crippen molar-refractivity contribution in [2.75, 3.05) is 26.1 Å². The van der Waals surface area contributed by atoms with Gasteiger partial charge >= 0.3 is 0 Å². The first kappa shape index (κ1) is 49.7. The third-order valence-electron chi connectivity index (χ3n) is 14.1. The van der Waals surface area contributed by atoms with Crippen molar-refractivity contribution in [1.29, 1.82) is 0 Å². The average Bonchev–Trinajstić information content (AvgIpc) is 3.42. The summed E-state index contributed by atoms with van der Waals surface area (Å²) in [5, 5.41) is 0.0477. The summed E-state index contributed by atoms with van der Waals surface area (Å²) in [7, 11) is -7.92. The lowest BCUT2D eigenvalue weighted by molar-refractivity contribution is -0.0759. The molecule has 2 aliphatic heterocycles. The molecule has 0 radical (unpaired) electrons.